The third-order valence-electron chi connectivity index (χ3n) is 5.12. The Morgan fingerprint density at radius 1 is 0.939 bits per heavy atom. The van der Waals surface area contributed by atoms with E-state index in [2.05, 4.69) is 15.6 Å². The van der Waals surface area contributed by atoms with Crippen LogP contribution in [-0.2, 0) is 27.4 Å². The Morgan fingerprint density at radius 3 is 2.33 bits per heavy atom. The van der Waals surface area contributed by atoms with Crippen molar-refractivity contribution < 1.29 is 24.2 Å². The molecule has 8 heteroatoms. The Labute approximate surface area is 192 Å². The number of nitrogens with zero attached hydrogens (tertiary/aromatic N) is 1. The molecule has 0 aliphatic rings. The molecule has 3 aromatic rings. The summed E-state index contributed by atoms with van der Waals surface area (Å²) in [4.78, 5) is 41.4. The van der Waals surface area contributed by atoms with Crippen molar-refractivity contribution in [3.05, 3.63) is 78.0 Å². The average molecular weight is 450 g/mol. The number of benzene rings is 2. The van der Waals surface area contributed by atoms with Gasteiger partial charge in [-0.15, -0.1) is 0 Å². The van der Waals surface area contributed by atoms with Gasteiger partial charge in [0.25, 0.3) is 0 Å². The number of nitrogens with one attached hydrogen (secondary N) is 2. The van der Waals surface area contributed by atoms with E-state index in [0.29, 0.717) is 5.69 Å². The molecular formula is C25H27N3O5. The molecule has 0 bridgehead atoms. The lowest BCUT2D eigenvalue weighted by Crippen LogP contribution is -2.54. The average Bonchev–Trinajstić information content (AvgIpc) is 2.81. The van der Waals surface area contributed by atoms with Gasteiger partial charge in [-0.25, -0.2) is 9.59 Å². The van der Waals surface area contributed by atoms with E-state index >= 15 is 0 Å². The number of fused-ring (bicyclic) bond motifs is 1. The van der Waals surface area contributed by atoms with E-state index in [9.17, 15) is 19.5 Å². The van der Waals surface area contributed by atoms with Gasteiger partial charge in [0.15, 0.2) is 0 Å². The minimum absolute atomic E-state index is 0.00910. The molecule has 2 aromatic carbocycles. The van der Waals surface area contributed by atoms with Gasteiger partial charge < -0.3 is 20.5 Å². The molecule has 0 aliphatic heterocycles. The second kappa shape index (κ2) is 11.1. The van der Waals surface area contributed by atoms with Crippen molar-refractivity contribution in [3.63, 3.8) is 0 Å². The molecule has 3 N–H and O–H groups in total. The lowest BCUT2D eigenvalue weighted by Gasteiger charge is -2.23. The maximum atomic E-state index is 12.8. The SMILES string of the molecule is CC(C)[C@@H](NC(=O)OCc1ccccc1)C(=O)N[C@H](Cc1ccc2ccccc2n1)C(=O)O. The number of carboxylic acid groups (broad SMARTS) is 1. The minimum Gasteiger partial charge on any atom is -0.480 e. The number of pyridine rings is 1. The van der Waals surface area contributed by atoms with Crippen molar-refractivity contribution in [1.82, 2.24) is 15.6 Å². The molecule has 33 heavy (non-hydrogen) atoms. The first kappa shape index (κ1) is 23.7. The van der Waals surface area contributed by atoms with Crippen LogP contribution in [0.2, 0.25) is 0 Å². The molecule has 1 aromatic heterocycles. The molecule has 1 heterocycles. The molecule has 0 radical (unpaired) electrons. The second-order valence-corrected chi connectivity index (χ2v) is 8.03. The van der Waals surface area contributed by atoms with E-state index in [-0.39, 0.29) is 18.9 Å². The molecule has 0 aliphatic carbocycles. The summed E-state index contributed by atoms with van der Waals surface area (Å²) < 4.78 is 5.19. The largest absolute Gasteiger partial charge is 0.480 e. The van der Waals surface area contributed by atoms with E-state index in [1.165, 1.54) is 0 Å². The highest BCUT2D eigenvalue weighted by Crippen LogP contribution is 2.13. The zero-order valence-electron chi connectivity index (χ0n) is 18.5. The molecule has 2 amide bonds. The van der Waals surface area contributed by atoms with Gasteiger partial charge in [-0.2, -0.15) is 0 Å². The fourth-order valence-electron chi connectivity index (χ4n) is 3.32. The predicted molar refractivity (Wildman–Crippen MR) is 123 cm³/mol. The summed E-state index contributed by atoms with van der Waals surface area (Å²) in [5.41, 5.74) is 2.10. The van der Waals surface area contributed by atoms with Crippen LogP contribution in [0.1, 0.15) is 25.1 Å². The number of ether oxygens (including phenoxy) is 1. The number of carbonyl (C=O) groups excluding carboxylic acids is 2. The van der Waals surface area contributed by atoms with Crippen LogP contribution in [0, 0.1) is 5.92 Å². The third-order valence-corrected chi connectivity index (χ3v) is 5.12. The molecular weight excluding hydrogens is 422 g/mol. The molecule has 3 rings (SSSR count). The summed E-state index contributed by atoms with van der Waals surface area (Å²) >= 11 is 0. The molecule has 0 unspecified atom stereocenters. The predicted octanol–water partition coefficient (Wildman–Crippen LogP) is 3.30. The first-order valence-electron chi connectivity index (χ1n) is 10.7. The summed E-state index contributed by atoms with van der Waals surface area (Å²) in [5, 5.41) is 15.7. The maximum absolute atomic E-state index is 12.8. The summed E-state index contributed by atoms with van der Waals surface area (Å²) in [6.07, 6.45) is -0.745. The van der Waals surface area contributed by atoms with Crippen molar-refractivity contribution in [2.24, 2.45) is 5.92 Å². The van der Waals surface area contributed by atoms with Crippen molar-refractivity contribution >= 4 is 28.9 Å². The van der Waals surface area contributed by atoms with Crippen molar-refractivity contribution in [2.45, 2.75) is 39.0 Å². The molecule has 0 fully saturated rings. The fraction of sp³-hybridized carbons (Fsp3) is 0.280. The molecule has 172 valence electrons. The number of amides is 2. The van der Waals surface area contributed by atoms with Crippen LogP contribution in [-0.4, -0.2) is 40.1 Å². The molecule has 2 atom stereocenters. The normalized spacial score (nSPS) is 12.7. The zero-order valence-corrected chi connectivity index (χ0v) is 18.5. The third kappa shape index (κ3) is 6.77. The Balaban J connectivity index is 1.63. The van der Waals surface area contributed by atoms with Crippen molar-refractivity contribution in [1.29, 1.82) is 0 Å². The first-order valence-corrected chi connectivity index (χ1v) is 10.7. The highest BCUT2D eigenvalue weighted by Gasteiger charge is 2.29. The Bertz CT molecular complexity index is 1120. The lowest BCUT2D eigenvalue weighted by atomic mass is 10.0. The van der Waals surface area contributed by atoms with Crippen LogP contribution < -0.4 is 10.6 Å². The van der Waals surface area contributed by atoms with Crippen LogP contribution >= 0.6 is 0 Å². The number of alkyl carbamates (subject to hydrolysis) is 1. The van der Waals surface area contributed by atoms with Crippen LogP contribution in [0.3, 0.4) is 0 Å². The summed E-state index contributed by atoms with van der Waals surface area (Å²) in [5.74, 6) is -2.08. The van der Waals surface area contributed by atoms with Gasteiger partial charge in [0.2, 0.25) is 5.91 Å². The summed E-state index contributed by atoms with van der Waals surface area (Å²) in [7, 11) is 0. The van der Waals surface area contributed by atoms with Gasteiger partial charge in [-0.3, -0.25) is 9.78 Å². The van der Waals surface area contributed by atoms with Gasteiger partial charge in [0.05, 0.1) is 5.52 Å². The van der Waals surface area contributed by atoms with Crippen LogP contribution in [0.5, 0.6) is 0 Å². The second-order valence-electron chi connectivity index (χ2n) is 8.03. The first-order chi connectivity index (χ1) is 15.8. The Hall–Kier alpha value is -3.94. The molecule has 0 saturated heterocycles. The number of para-hydroxylation sites is 1. The van der Waals surface area contributed by atoms with Crippen LogP contribution in [0.25, 0.3) is 10.9 Å². The van der Waals surface area contributed by atoms with E-state index in [1.54, 1.807) is 19.9 Å². The van der Waals surface area contributed by atoms with E-state index in [0.717, 1.165) is 16.5 Å². The standard InChI is InChI=1S/C25H27N3O5/c1-16(2)22(28-25(32)33-15-17-8-4-3-5-9-17)23(29)27-21(24(30)31)14-19-13-12-18-10-6-7-11-20(18)26-19/h3-13,16,21-22H,14-15H2,1-2H3,(H,27,29)(H,28,32)(H,30,31)/t21-,22-/m1/s1. The Kier molecular flexibility index (Phi) is 7.96. The lowest BCUT2D eigenvalue weighted by molar-refractivity contribution is -0.142. The maximum Gasteiger partial charge on any atom is 0.408 e. The van der Waals surface area contributed by atoms with E-state index in [4.69, 9.17) is 4.74 Å². The molecule has 0 spiro atoms. The fourth-order valence-corrected chi connectivity index (χ4v) is 3.32. The van der Waals surface area contributed by atoms with Crippen LogP contribution in [0.15, 0.2) is 66.7 Å². The molecule has 8 nitrogen and oxygen atoms in total. The number of hydrogen-bond acceptors (Lipinski definition) is 5. The number of hydrogen-bond donors (Lipinski definition) is 3. The zero-order chi connectivity index (χ0) is 23.8. The minimum atomic E-state index is -1.20. The van der Waals surface area contributed by atoms with Gasteiger partial charge in [-0.1, -0.05) is 68.4 Å². The highest BCUT2D eigenvalue weighted by molar-refractivity contribution is 5.89. The number of aliphatic carboxylic acids is 1. The van der Waals surface area contributed by atoms with E-state index < -0.39 is 30.1 Å². The summed E-state index contributed by atoms with van der Waals surface area (Å²) in [6.45, 7) is 3.56. The summed E-state index contributed by atoms with van der Waals surface area (Å²) in [6, 6.07) is 18.1. The number of rotatable bonds is 9. The van der Waals surface area contributed by atoms with Crippen LogP contribution in [0.4, 0.5) is 4.79 Å². The van der Waals surface area contributed by atoms with Gasteiger partial charge in [-0.05, 0) is 23.6 Å². The van der Waals surface area contributed by atoms with Gasteiger partial charge >= 0.3 is 12.1 Å². The molecule has 0 saturated carbocycles. The van der Waals surface area contributed by atoms with Gasteiger partial charge in [0.1, 0.15) is 18.7 Å². The Morgan fingerprint density at radius 2 is 1.64 bits per heavy atom. The quantitative estimate of drug-likeness (QED) is 0.461. The smallest absolute Gasteiger partial charge is 0.408 e. The highest BCUT2D eigenvalue weighted by atomic mass is 16.5. The number of aromatic nitrogens is 1. The number of carbonyl (C=O) groups is 3. The number of carboxylic acids is 1. The topological polar surface area (TPSA) is 118 Å². The van der Waals surface area contributed by atoms with Crippen molar-refractivity contribution in [2.75, 3.05) is 0 Å². The van der Waals surface area contributed by atoms with Gasteiger partial charge in [0, 0.05) is 17.5 Å². The van der Waals surface area contributed by atoms with Crippen molar-refractivity contribution in [3.8, 4) is 0 Å². The monoisotopic (exact) mass is 449 g/mol. The van der Waals surface area contributed by atoms with E-state index in [1.807, 2.05) is 60.7 Å².